The summed E-state index contributed by atoms with van der Waals surface area (Å²) in [4.78, 5) is 26.8. The third-order valence-corrected chi connectivity index (χ3v) is 5.18. The molecular formula is C13H22N2O3S. The molecule has 2 heterocycles. The number of piperidine rings is 1. The molecule has 6 heteroatoms. The van der Waals surface area contributed by atoms with Crippen molar-refractivity contribution in [1.29, 1.82) is 0 Å². The Morgan fingerprint density at radius 1 is 1.26 bits per heavy atom. The number of urea groups is 1. The summed E-state index contributed by atoms with van der Waals surface area (Å²) in [5.74, 6) is 1.46. The van der Waals surface area contributed by atoms with E-state index in [0.29, 0.717) is 23.5 Å². The Labute approximate surface area is 118 Å². The Morgan fingerprint density at radius 3 is 2.42 bits per heavy atom. The highest BCUT2D eigenvalue weighted by Crippen LogP contribution is 2.27. The second-order valence-electron chi connectivity index (χ2n) is 5.67. The topological polar surface area (TPSA) is 60.9 Å². The Hall–Kier alpha value is -0.910. The predicted octanol–water partition coefficient (Wildman–Crippen LogP) is 1.93. The van der Waals surface area contributed by atoms with Crippen molar-refractivity contribution in [2.75, 3.05) is 24.7 Å². The molecule has 5 nitrogen and oxygen atoms in total. The summed E-state index contributed by atoms with van der Waals surface area (Å²) in [6, 6.07) is -0.750. The first-order valence-electron chi connectivity index (χ1n) is 6.86. The summed E-state index contributed by atoms with van der Waals surface area (Å²) in [5, 5.41) is 9.12. The quantitative estimate of drug-likeness (QED) is 0.842. The van der Waals surface area contributed by atoms with Gasteiger partial charge in [0.15, 0.2) is 0 Å². The van der Waals surface area contributed by atoms with Crippen LogP contribution >= 0.6 is 11.8 Å². The number of thioether (sulfide) groups is 1. The van der Waals surface area contributed by atoms with Gasteiger partial charge in [-0.15, -0.1) is 11.8 Å². The van der Waals surface area contributed by atoms with E-state index in [1.165, 1.54) is 16.7 Å². The molecule has 2 saturated heterocycles. The van der Waals surface area contributed by atoms with E-state index in [4.69, 9.17) is 5.11 Å². The van der Waals surface area contributed by atoms with E-state index in [2.05, 4.69) is 13.8 Å². The molecule has 0 bridgehead atoms. The number of carbonyl (C=O) groups is 2. The van der Waals surface area contributed by atoms with Gasteiger partial charge in [0, 0.05) is 18.8 Å². The van der Waals surface area contributed by atoms with E-state index >= 15 is 0 Å². The van der Waals surface area contributed by atoms with Crippen LogP contribution in [0.1, 0.15) is 26.7 Å². The van der Waals surface area contributed by atoms with Crippen molar-refractivity contribution in [2.24, 2.45) is 11.8 Å². The van der Waals surface area contributed by atoms with Crippen molar-refractivity contribution in [3.63, 3.8) is 0 Å². The number of nitrogens with zero attached hydrogens (tertiary/aromatic N) is 2. The number of amides is 2. The van der Waals surface area contributed by atoms with Crippen molar-refractivity contribution in [3.05, 3.63) is 0 Å². The maximum absolute atomic E-state index is 12.4. The van der Waals surface area contributed by atoms with Gasteiger partial charge in [0.1, 0.15) is 6.04 Å². The van der Waals surface area contributed by atoms with Crippen LogP contribution < -0.4 is 0 Å². The van der Waals surface area contributed by atoms with E-state index < -0.39 is 12.0 Å². The van der Waals surface area contributed by atoms with E-state index in [9.17, 15) is 9.59 Å². The van der Waals surface area contributed by atoms with Crippen molar-refractivity contribution in [1.82, 2.24) is 9.80 Å². The molecule has 0 saturated carbocycles. The fraction of sp³-hybridized carbons (Fsp3) is 0.846. The normalized spacial score (nSPS) is 25.1. The fourth-order valence-electron chi connectivity index (χ4n) is 2.77. The maximum atomic E-state index is 12.4. The van der Waals surface area contributed by atoms with Gasteiger partial charge >= 0.3 is 12.0 Å². The SMILES string of the molecule is CC(C)C1CCN(C(=O)N2CSC[C@H]2C(=O)O)CC1. The zero-order valence-electron chi connectivity index (χ0n) is 11.5. The smallest absolute Gasteiger partial charge is 0.327 e. The number of likely N-dealkylation sites (tertiary alicyclic amines) is 1. The van der Waals surface area contributed by atoms with Gasteiger partial charge in [-0.2, -0.15) is 0 Å². The van der Waals surface area contributed by atoms with Crippen LogP contribution in [0.5, 0.6) is 0 Å². The number of aliphatic carboxylic acids is 1. The monoisotopic (exact) mass is 286 g/mol. The molecule has 2 amide bonds. The Morgan fingerprint density at radius 2 is 1.89 bits per heavy atom. The number of rotatable bonds is 2. The average molecular weight is 286 g/mol. The highest BCUT2D eigenvalue weighted by Gasteiger charge is 2.37. The van der Waals surface area contributed by atoms with Gasteiger partial charge in [-0.3, -0.25) is 0 Å². The fourth-order valence-corrected chi connectivity index (χ4v) is 3.91. The zero-order chi connectivity index (χ0) is 14.0. The molecule has 0 spiro atoms. The molecule has 0 radical (unpaired) electrons. The minimum Gasteiger partial charge on any atom is -0.480 e. The van der Waals surface area contributed by atoms with Gasteiger partial charge in [-0.25, -0.2) is 9.59 Å². The van der Waals surface area contributed by atoms with Crippen molar-refractivity contribution >= 4 is 23.8 Å². The molecule has 2 fully saturated rings. The largest absolute Gasteiger partial charge is 0.480 e. The molecule has 108 valence electrons. The molecule has 1 N–H and O–H groups in total. The van der Waals surface area contributed by atoms with E-state index in [1.54, 1.807) is 0 Å². The van der Waals surface area contributed by atoms with Gasteiger partial charge in [0.25, 0.3) is 0 Å². The second kappa shape index (κ2) is 6.03. The molecular weight excluding hydrogens is 264 g/mol. The zero-order valence-corrected chi connectivity index (χ0v) is 12.4. The Balaban J connectivity index is 1.92. The maximum Gasteiger partial charge on any atom is 0.327 e. The number of carboxylic acid groups (broad SMARTS) is 1. The summed E-state index contributed by atoms with van der Waals surface area (Å²) in [6.45, 7) is 5.96. The number of hydrogen-bond acceptors (Lipinski definition) is 3. The molecule has 2 aliphatic heterocycles. The van der Waals surface area contributed by atoms with Gasteiger partial charge in [0.2, 0.25) is 0 Å². The van der Waals surface area contributed by atoms with Gasteiger partial charge in [0.05, 0.1) is 5.88 Å². The third kappa shape index (κ3) is 3.16. The van der Waals surface area contributed by atoms with E-state index in [1.807, 2.05) is 4.90 Å². The number of carboxylic acids is 1. The van der Waals surface area contributed by atoms with Gasteiger partial charge < -0.3 is 14.9 Å². The summed E-state index contributed by atoms with van der Waals surface area (Å²) in [7, 11) is 0. The first kappa shape index (κ1) is 14.5. The van der Waals surface area contributed by atoms with Crippen LogP contribution in [-0.2, 0) is 4.79 Å². The summed E-state index contributed by atoms with van der Waals surface area (Å²) in [6.07, 6.45) is 2.06. The van der Waals surface area contributed by atoms with E-state index in [0.717, 1.165) is 25.9 Å². The molecule has 19 heavy (non-hydrogen) atoms. The van der Waals surface area contributed by atoms with Crippen LogP contribution in [0, 0.1) is 11.8 Å². The summed E-state index contributed by atoms with van der Waals surface area (Å²) < 4.78 is 0. The predicted molar refractivity (Wildman–Crippen MR) is 75.1 cm³/mol. The molecule has 0 aliphatic carbocycles. The van der Waals surface area contributed by atoms with Crippen LogP contribution in [0.2, 0.25) is 0 Å². The van der Waals surface area contributed by atoms with Crippen LogP contribution in [-0.4, -0.2) is 57.7 Å². The van der Waals surface area contributed by atoms with E-state index in [-0.39, 0.29) is 6.03 Å². The Bertz CT molecular complexity index is 354. The summed E-state index contributed by atoms with van der Waals surface area (Å²) >= 11 is 1.51. The third-order valence-electron chi connectivity index (χ3n) is 4.17. The van der Waals surface area contributed by atoms with Crippen molar-refractivity contribution in [2.45, 2.75) is 32.7 Å². The van der Waals surface area contributed by atoms with Crippen LogP contribution in [0.25, 0.3) is 0 Å². The molecule has 2 aliphatic rings. The summed E-state index contributed by atoms with van der Waals surface area (Å²) in [5.41, 5.74) is 0. The standard InChI is InChI=1S/C13H22N2O3S/c1-9(2)10-3-5-14(6-4-10)13(18)15-8-19-7-11(15)12(16)17/h9-11H,3-8H2,1-2H3,(H,16,17)/t11-/m0/s1. The molecule has 0 unspecified atom stereocenters. The average Bonchev–Trinajstić information content (AvgIpc) is 2.87. The lowest BCUT2D eigenvalue weighted by Crippen LogP contribution is -2.51. The first-order valence-corrected chi connectivity index (χ1v) is 8.02. The van der Waals surface area contributed by atoms with Gasteiger partial charge in [-0.1, -0.05) is 13.8 Å². The molecule has 1 atom stereocenters. The van der Waals surface area contributed by atoms with Crippen molar-refractivity contribution in [3.8, 4) is 0 Å². The highest BCUT2D eigenvalue weighted by molar-refractivity contribution is 7.99. The van der Waals surface area contributed by atoms with Crippen molar-refractivity contribution < 1.29 is 14.7 Å². The minimum atomic E-state index is -0.893. The lowest BCUT2D eigenvalue weighted by atomic mass is 9.87. The molecule has 2 rings (SSSR count). The highest BCUT2D eigenvalue weighted by atomic mass is 32.2. The van der Waals surface area contributed by atoms with Gasteiger partial charge in [-0.05, 0) is 24.7 Å². The second-order valence-corrected chi connectivity index (χ2v) is 6.67. The first-order chi connectivity index (χ1) is 9.00. The molecule has 0 aromatic carbocycles. The number of carbonyl (C=O) groups excluding carboxylic acids is 1. The number of hydrogen-bond donors (Lipinski definition) is 1. The van der Waals surface area contributed by atoms with Crippen LogP contribution in [0.4, 0.5) is 4.79 Å². The van der Waals surface area contributed by atoms with Crippen LogP contribution in [0.15, 0.2) is 0 Å². The molecule has 0 aromatic rings. The Kier molecular flexibility index (Phi) is 4.60. The van der Waals surface area contributed by atoms with Crippen LogP contribution in [0.3, 0.4) is 0 Å². The molecule has 0 aromatic heterocycles. The minimum absolute atomic E-state index is 0.0976. The lowest BCUT2D eigenvalue weighted by Gasteiger charge is -2.36. The lowest BCUT2D eigenvalue weighted by molar-refractivity contribution is -0.141.